The zero-order chi connectivity index (χ0) is 19.7. The van der Waals surface area contributed by atoms with Crippen molar-refractivity contribution in [2.24, 2.45) is 0 Å². The highest BCUT2D eigenvalue weighted by Crippen LogP contribution is 2.25. The van der Waals surface area contributed by atoms with Gasteiger partial charge in [0, 0.05) is 24.8 Å². The molecule has 2 rings (SSSR count). The second-order valence-electron chi connectivity index (χ2n) is 8.46. The summed E-state index contributed by atoms with van der Waals surface area (Å²) in [4.78, 5) is 14.9. The highest BCUT2D eigenvalue weighted by atomic mass is 32.2. The van der Waals surface area contributed by atoms with Gasteiger partial charge in [0.15, 0.2) is 5.69 Å². The van der Waals surface area contributed by atoms with Gasteiger partial charge in [0.25, 0.3) is 5.91 Å². The maximum absolute atomic E-state index is 13.1. The van der Waals surface area contributed by atoms with Gasteiger partial charge in [-0.3, -0.25) is 9.48 Å². The second kappa shape index (κ2) is 7.68. The third-order valence-electron chi connectivity index (χ3n) is 4.65. The third-order valence-corrected chi connectivity index (χ3v) is 5.34. The van der Waals surface area contributed by atoms with Crippen molar-refractivity contribution in [1.29, 1.82) is 0 Å². The quantitative estimate of drug-likeness (QED) is 0.844. The molecule has 1 saturated heterocycles. The number of sulfonamides is 1. The summed E-state index contributed by atoms with van der Waals surface area (Å²) in [6, 6.07) is 1.75. The van der Waals surface area contributed by atoms with Gasteiger partial charge in [-0.15, -0.1) is 0 Å². The van der Waals surface area contributed by atoms with E-state index in [1.807, 2.05) is 10.7 Å². The molecule has 1 aliphatic heterocycles. The predicted molar refractivity (Wildman–Crippen MR) is 103 cm³/mol. The van der Waals surface area contributed by atoms with E-state index in [-0.39, 0.29) is 30.0 Å². The van der Waals surface area contributed by atoms with Crippen LogP contribution in [-0.4, -0.2) is 54.4 Å². The van der Waals surface area contributed by atoms with Gasteiger partial charge in [0.05, 0.1) is 11.8 Å². The number of nitrogens with zero attached hydrogens (tertiary/aromatic N) is 3. The molecule has 2 heterocycles. The van der Waals surface area contributed by atoms with E-state index in [0.717, 1.165) is 31.2 Å². The number of amides is 1. The van der Waals surface area contributed by atoms with Crippen LogP contribution in [0.1, 0.15) is 76.0 Å². The summed E-state index contributed by atoms with van der Waals surface area (Å²) in [7, 11) is -3.28. The first-order chi connectivity index (χ1) is 11.9. The predicted octanol–water partition coefficient (Wildman–Crippen LogP) is 2.31. The Bertz CT molecular complexity index is 747. The first kappa shape index (κ1) is 20.9. The molecule has 1 N–H and O–H groups in total. The van der Waals surface area contributed by atoms with Crippen LogP contribution in [0.3, 0.4) is 0 Å². The Kier molecular flexibility index (Phi) is 6.17. The molecule has 26 heavy (non-hydrogen) atoms. The first-order valence-electron chi connectivity index (χ1n) is 9.26. The van der Waals surface area contributed by atoms with E-state index < -0.39 is 10.0 Å². The molecule has 148 valence electrons. The van der Waals surface area contributed by atoms with Gasteiger partial charge in [-0.1, -0.05) is 13.8 Å². The third kappa shape index (κ3) is 5.07. The van der Waals surface area contributed by atoms with Gasteiger partial charge in [0.1, 0.15) is 0 Å². The van der Waals surface area contributed by atoms with E-state index in [9.17, 15) is 13.2 Å². The number of rotatable bonds is 5. The summed E-state index contributed by atoms with van der Waals surface area (Å²) < 4.78 is 27.3. The molecule has 7 nitrogen and oxygen atoms in total. The smallest absolute Gasteiger partial charge is 0.274 e. The molecule has 0 spiro atoms. The highest BCUT2D eigenvalue weighted by Gasteiger charge is 2.31. The van der Waals surface area contributed by atoms with Crippen LogP contribution < -0.4 is 4.72 Å². The average Bonchev–Trinajstić information content (AvgIpc) is 2.97. The van der Waals surface area contributed by atoms with Crippen molar-refractivity contribution in [2.45, 2.75) is 71.4 Å². The largest absolute Gasteiger partial charge is 0.333 e. The molecule has 1 fully saturated rings. The van der Waals surface area contributed by atoms with Crippen molar-refractivity contribution in [3.8, 4) is 0 Å². The molecule has 1 aromatic rings. The SMILES string of the molecule is CC(C)c1cc(C(=O)N2CCCCC2CNS(C)(=O)=O)nn1C(C)(C)C. The minimum absolute atomic E-state index is 0.116. The minimum Gasteiger partial charge on any atom is -0.333 e. The Labute approximate surface area is 157 Å². The van der Waals surface area contributed by atoms with Crippen LogP contribution in [0.2, 0.25) is 0 Å². The van der Waals surface area contributed by atoms with Gasteiger partial charge >= 0.3 is 0 Å². The summed E-state index contributed by atoms with van der Waals surface area (Å²) >= 11 is 0. The number of nitrogens with one attached hydrogen (secondary N) is 1. The Morgan fingerprint density at radius 3 is 2.50 bits per heavy atom. The Morgan fingerprint density at radius 1 is 1.35 bits per heavy atom. The lowest BCUT2D eigenvalue weighted by Gasteiger charge is -2.35. The van der Waals surface area contributed by atoms with Crippen LogP contribution in [0.25, 0.3) is 0 Å². The average molecular weight is 385 g/mol. The van der Waals surface area contributed by atoms with Gasteiger partial charge in [0.2, 0.25) is 10.0 Å². The van der Waals surface area contributed by atoms with Crippen LogP contribution in [-0.2, 0) is 15.6 Å². The number of hydrogen-bond acceptors (Lipinski definition) is 4. The van der Waals surface area contributed by atoms with Crippen LogP contribution in [0.15, 0.2) is 6.07 Å². The number of hydrogen-bond donors (Lipinski definition) is 1. The van der Waals surface area contributed by atoms with Crippen LogP contribution in [0, 0.1) is 0 Å². The number of likely N-dealkylation sites (tertiary alicyclic amines) is 1. The summed E-state index contributed by atoms with van der Waals surface area (Å²) in [6.45, 7) is 11.3. The normalized spacial score (nSPS) is 19.2. The molecule has 0 radical (unpaired) electrons. The number of aromatic nitrogens is 2. The first-order valence-corrected chi connectivity index (χ1v) is 11.2. The number of carbonyl (C=O) groups is 1. The molecular formula is C18H32N4O3S. The Morgan fingerprint density at radius 2 is 2.00 bits per heavy atom. The molecule has 8 heteroatoms. The van der Waals surface area contributed by atoms with E-state index in [2.05, 4.69) is 44.4 Å². The summed E-state index contributed by atoms with van der Waals surface area (Å²) in [6.07, 6.45) is 3.86. The zero-order valence-electron chi connectivity index (χ0n) is 16.7. The summed E-state index contributed by atoms with van der Waals surface area (Å²) in [5, 5.41) is 4.61. The van der Waals surface area contributed by atoms with E-state index in [1.54, 1.807) is 4.90 Å². The molecular weight excluding hydrogens is 352 g/mol. The van der Waals surface area contributed by atoms with Gasteiger partial charge in [-0.2, -0.15) is 5.10 Å². The van der Waals surface area contributed by atoms with Crippen molar-refractivity contribution in [3.05, 3.63) is 17.5 Å². The summed E-state index contributed by atoms with van der Waals surface area (Å²) in [5.74, 6) is 0.141. The molecule has 1 unspecified atom stereocenters. The van der Waals surface area contributed by atoms with Crippen molar-refractivity contribution >= 4 is 15.9 Å². The lowest BCUT2D eigenvalue weighted by Crippen LogP contribution is -2.49. The van der Waals surface area contributed by atoms with Crippen LogP contribution >= 0.6 is 0 Å². The van der Waals surface area contributed by atoms with Crippen molar-refractivity contribution in [2.75, 3.05) is 19.3 Å². The lowest BCUT2D eigenvalue weighted by atomic mass is 10.0. The second-order valence-corrected chi connectivity index (χ2v) is 10.3. The van der Waals surface area contributed by atoms with Crippen molar-refractivity contribution in [3.63, 3.8) is 0 Å². The number of piperidine rings is 1. The maximum Gasteiger partial charge on any atom is 0.274 e. The molecule has 0 aromatic carbocycles. The molecule has 0 bridgehead atoms. The fourth-order valence-corrected chi connectivity index (χ4v) is 3.82. The van der Waals surface area contributed by atoms with Crippen LogP contribution in [0.5, 0.6) is 0 Å². The van der Waals surface area contributed by atoms with Crippen molar-refractivity contribution < 1.29 is 13.2 Å². The van der Waals surface area contributed by atoms with Crippen molar-refractivity contribution in [1.82, 2.24) is 19.4 Å². The van der Waals surface area contributed by atoms with E-state index in [4.69, 9.17) is 0 Å². The fraction of sp³-hybridized carbons (Fsp3) is 0.778. The van der Waals surface area contributed by atoms with Crippen LogP contribution in [0.4, 0.5) is 0 Å². The molecule has 0 aliphatic carbocycles. The fourth-order valence-electron chi connectivity index (χ4n) is 3.32. The van der Waals surface area contributed by atoms with Gasteiger partial charge < -0.3 is 4.90 Å². The maximum atomic E-state index is 13.1. The minimum atomic E-state index is -3.28. The molecule has 1 aromatic heterocycles. The monoisotopic (exact) mass is 384 g/mol. The Hall–Kier alpha value is -1.41. The molecule has 0 saturated carbocycles. The van der Waals surface area contributed by atoms with E-state index in [0.29, 0.717) is 12.2 Å². The topological polar surface area (TPSA) is 84.3 Å². The van der Waals surface area contributed by atoms with E-state index in [1.165, 1.54) is 0 Å². The standard InChI is InChI=1S/C18H32N4O3S/c1-13(2)16-11-15(20-22(16)18(3,4)5)17(23)21-10-8-7-9-14(21)12-19-26(6,24)25/h11,13-14,19H,7-10,12H2,1-6H3. The highest BCUT2D eigenvalue weighted by molar-refractivity contribution is 7.88. The molecule has 1 aliphatic rings. The molecule has 1 amide bonds. The lowest BCUT2D eigenvalue weighted by molar-refractivity contribution is 0.0611. The van der Waals surface area contributed by atoms with E-state index >= 15 is 0 Å². The summed E-state index contributed by atoms with van der Waals surface area (Å²) in [5.41, 5.74) is 1.26. The van der Waals surface area contributed by atoms with Gasteiger partial charge in [-0.05, 0) is 52.0 Å². The van der Waals surface area contributed by atoms with Gasteiger partial charge in [-0.25, -0.2) is 13.1 Å². The molecule has 1 atom stereocenters. The number of carbonyl (C=O) groups excluding carboxylic acids is 1. The zero-order valence-corrected chi connectivity index (χ0v) is 17.6. The Balaban J connectivity index is 2.28.